The number of methoxy groups -OCH3 is 1. The summed E-state index contributed by atoms with van der Waals surface area (Å²) in [5.41, 5.74) is 1.99. The Morgan fingerprint density at radius 1 is 1.21 bits per heavy atom. The first kappa shape index (κ1) is 22.0. The Morgan fingerprint density at radius 3 is 2.64 bits per heavy atom. The van der Waals surface area contributed by atoms with E-state index in [-0.39, 0.29) is 6.61 Å². The maximum Gasteiger partial charge on any atom is 0.233 e. The van der Waals surface area contributed by atoms with E-state index in [1.54, 1.807) is 30.3 Å². The van der Waals surface area contributed by atoms with Crippen molar-refractivity contribution in [2.75, 3.05) is 32.3 Å². The highest BCUT2D eigenvalue weighted by molar-refractivity contribution is 6.32. The molecule has 0 bridgehead atoms. The minimum atomic E-state index is -0.712. The fraction of sp³-hybridized carbons (Fsp3) is 0.444. The molecule has 0 amide bonds. The Morgan fingerprint density at radius 2 is 2.00 bits per heavy atom. The number of anilines is 1. The maximum absolute atomic E-state index is 10.2. The van der Waals surface area contributed by atoms with Gasteiger partial charge in [0.1, 0.15) is 30.8 Å². The molecule has 9 nitrogen and oxygen atoms in total. The number of aliphatic hydroxyl groups is 1. The molecule has 0 aliphatic carbocycles. The summed E-state index contributed by atoms with van der Waals surface area (Å²) in [5, 5.41) is 21.6. The predicted molar refractivity (Wildman–Crippen MR) is 107 cm³/mol. The van der Waals surface area contributed by atoms with Crippen molar-refractivity contribution in [1.29, 1.82) is 0 Å². The first-order valence-electron chi connectivity index (χ1n) is 8.65. The number of nitrogen functional groups attached to an aromatic ring is 1. The molecule has 0 aliphatic rings. The lowest BCUT2D eigenvalue weighted by molar-refractivity contribution is 0.0922. The summed E-state index contributed by atoms with van der Waals surface area (Å²) in [6, 6.07) is 8.40. The minimum absolute atomic E-state index is 0.119. The summed E-state index contributed by atoms with van der Waals surface area (Å²) in [4.78, 5) is 0. The van der Waals surface area contributed by atoms with Crippen molar-refractivity contribution in [2.24, 2.45) is 5.84 Å². The van der Waals surface area contributed by atoms with Crippen LogP contribution in [-0.2, 0) is 0 Å². The maximum atomic E-state index is 10.2. The van der Waals surface area contributed by atoms with Crippen LogP contribution in [0.2, 0.25) is 5.02 Å². The molecule has 1 heterocycles. The van der Waals surface area contributed by atoms with Gasteiger partial charge >= 0.3 is 0 Å². The zero-order valence-corrected chi connectivity index (χ0v) is 16.9. The summed E-state index contributed by atoms with van der Waals surface area (Å²) < 4.78 is 16.4. The molecule has 1 atom stereocenters. The van der Waals surface area contributed by atoms with E-state index in [0.29, 0.717) is 41.4 Å². The highest BCUT2D eigenvalue weighted by Crippen LogP contribution is 2.28. The standard InChI is InChI=1S/C18H26ClN5O4/c1-18(2,11-28-17-7-6-16(22-20)23-24-17)21-9-12(25)10-27-13-4-5-14(19)15(8-13)26-3/h4-8,12,21,25H,9-11,20H2,1-3H3,(H,22,23). The number of nitrogens with two attached hydrogens (primary N) is 1. The van der Waals surface area contributed by atoms with Crippen LogP contribution in [0.1, 0.15) is 13.8 Å². The van der Waals surface area contributed by atoms with Gasteiger partial charge in [-0.15, -0.1) is 10.2 Å². The predicted octanol–water partition coefficient (Wildman–Crippen LogP) is 1.61. The third-order valence-electron chi connectivity index (χ3n) is 3.75. The van der Waals surface area contributed by atoms with Crippen LogP contribution in [0.5, 0.6) is 17.4 Å². The largest absolute Gasteiger partial charge is 0.495 e. The van der Waals surface area contributed by atoms with Gasteiger partial charge in [-0.2, -0.15) is 0 Å². The van der Waals surface area contributed by atoms with Crippen molar-refractivity contribution in [1.82, 2.24) is 15.5 Å². The third kappa shape index (κ3) is 7.01. The van der Waals surface area contributed by atoms with Gasteiger partial charge in [-0.3, -0.25) is 0 Å². The van der Waals surface area contributed by atoms with Crippen molar-refractivity contribution in [3.63, 3.8) is 0 Å². The zero-order valence-electron chi connectivity index (χ0n) is 16.1. The third-order valence-corrected chi connectivity index (χ3v) is 4.06. The first-order chi connectivity index (χ1) is 13.3. The van der Waals surface area contributed by atoms with E-state index in [9.17, 15) is 5.11 Å². The highest BCUT2D eigenvalue weighted by atomic mass is 35.5. The lowest BCUT2D eigenvalue weighted by atomic mass is 10.1. The Balaban J connectivity index is 1.74. The van der Waals surface area contributed by atoms with Crippen LogP contribution in [0.15, 0.2) is 30.3 Å². The van der Waals surface area contributed by atoms with Gasteiger partial charge < -0.3 is 30.1 Å². The normalized spacial score (nSPS) is 12.4. The number of benzene rings is 1. The van der Waals surface area contributed by atoms with Crippen molar-refractivity contribution in [2.45, 2.75) is 25.5 Å². The number of halogens is 1. The molecule has 154 valence electrons. The number of aliphatic hydroxyl groups excluding tert-OH is 1. The number of ether oxygens (including phenoxy) is 3. The number of nitrogens with zero attached hydrogens (tertiary/aromatic N) is 2. The molecule has 0 aliphatic heterocycles. The fourth-order valence-electron chi connectivity index (χ4n) is 2.15. The number of hydrazine groups is 1. The average Bonchev–Trinajstić information content (AvgIpc) is 2.70. The molecule has 2 rings (SSSR count). The second-order valence-electron chi connectivity index (χ2n) is 6.72. The molecule has 0 fully saturated rings. The van der Waals surface area contributed by atoms with Gasteiger partial charge in [0.2, 0.25) is 5.88 Å². The number of rotatable bonds is 11. The van der Waals surface area contributed by atoms with Crippen LogP contribution < -0.4 is 30.8 Å². The van der Waals surface area contributed by atoms with Gasteiger partial charge in [-0.1, -0.05) is 11.6 Å². The van der Waals surface area contributed by atoms with E-state index in [1.807, 2.05) is 13.8 Å². The Bertz CT molecular complexity index is 745. The fourth-order valence-corrected chi connectivity index (χ4v) is 2.35. The quantitative estimate of drug-likeness (QED) is 0.322. The van der Waals surface area contributed by atoms with Crippen LogP contribution in [0, 0.1) is 0 Å². The van der Waals surface area contributed by atoms with Crippen LogP contribution in [0.3, 0.4) is 0 Å². The second kappa shape index (κ2) is 10.3. The lowest BCUT2D eigenvalue weighted by Gasteiger charge is -2.27. The number of nitrogens with one attached hydrogen (secondary N) is 2. The summed E-state index contributed by atoms with van der Waals surface area (Å²) in [6.07, 6.45) is -0.712. The van der Waals surface area contributed by atoms with Gasteiger partial charge in [0.05, 0.1) is 12.1 Å². The smallest absolute Gasteiger partial charge is 0.233 e. The number of aromatic nitrogens is 2. The molecule has 5 N–H and O–H groups in total. The molecule has 10 heteroatoms. The van der Waals surface area contributed by atoms with E-state index in [4.69, 9.17) is 31.7 Å². The molecule has 0 saturated carbocycles. The molecule has 0 saturated heterocycles. The van der Waals surface area contributed by atoms with E-state index in [0.717, 1.165) is 0 Å². The molecule has 28 heavy (non-hydrogen) atoms. The first-order valence-corrected chi connectivity index (χ1v) is 9.03. The summed E-state index contributed by atoms with van der Waals surface area (Å²) in [5.74, 6) is 7.16. The van der Waals surface area contributed by atoms with Crippen LogP contribution in [-0.4, -0.2) is 53.8 Å². The monoisotopic (exact) mass is 411 g/mol. The molecular formula is C18H26ClN5O4. The SMILES string of the molecule is COc1cc(OCC(O)CNC(C)(C)COc2ccc(NN)nn2)ccc1Cl. The van der Waals surface area contributed by atoms with Crippen LogP contribution >= 0.6 is 11.6 Å². The van der Waals surface area contributed by atoms with E-state index < -0.39 is 11.6 Å². The number of β-amino-alcohol motifs (C(OH)–C–C–N with tert-alkyl or cyclic N) is 1. The summed E-state index contributed by atoms with van der Waals surface area (Å²) in [7, 11) is 1.53. The molecule has 0 spiro atoms. The Hall–Kier alpha value is -2.33. The molecule has 2 aromatic rings. The Kier molecular flexibility index (Phi) is 8.06. The molecule has 0 radical (unpaired) electrons. The molecule has 1 unspecified atom stereocenters. The van der Waals surface area contributed by atoms with Gasteiger partial charge in [0.25, 0.3) is 0 Å². The highest BCUT2D eigenvalue weighted by Gasteiger charge is 2.20. The van der Waals surface area contributed by atoms with Gasteiger partial charge in [-0.05, 0) is 32.0 Å². The average molecular weight is 412 g/mol. The Labute approximate surface area is 169 Å². The number of hydrogen-bond donors (Lipinski definition) is 4. The van der Waals surface area contributed by atoms with Gasteiger partial charge in [0, 0.05) is 24.2 Å². The van der Waals surface area contributed by atoms with E-state index in [1.165, 1.54) is 7.11 Å². The summed E-state index contributed by atoms with van der Waals surface area (Å²) >= 11 is 5.98. The van der Waals surface area contributed by atoms with Gasteiger partial charge in [-0.25, -0.2) is 5.84 Å². The molecular weight excluding hydrogens is 386 g/mol. The molecule has 1 aromatic carbocycles. The van der Waals surface area contributed by atoms with Crippen molar-refractivity contribution in [3.8, 4) is 17.4 Å². The number of hydrogen-bond acceptors (Lipinski definition) is 9. The molecule has 1 aromatic heterocycles. The van der Waals surface area contributed by atoms with E-state index >= 15 is 0 Å². The van der Waals surface area contributed by atoms with Crippen LogP contribution in [0.25, 0.3) is 0 Å². The topological polar surface area (TPSA) is 124 Å². The lowest BCUT2D eigenvalue weighted by Crippen LogP contribution is -2.48. The zero-order chi connectivity index (χ0) is 20.6. The van der Waals surface area contributed by atoms with Crippen LogP contribution in [0.4, 0.5) is 5.82 Å². The van der Waals surface area contributed by atoms with Crippen molar-refractivity contribution in [3.05, 3.63) is 35.4 Å². The van der Waals surface area contributed by atoms with Gasteiger partial charge in [0.15, 0.2) is 5.82 Å². The van der Waals surface area contributed by atoms with Crippen molar-refractivity contribution >= 4 is 17.4 Å². The summed E-state index contributed by atoms with van der Waals surface area (Å²) in [6.45, 7) is 4.68. The van der Waals surface area contributed by atoms with E-state index in [2.05, 4.69) is 20.9 Å². The van der Waals surface area contributed by atoms with Crippen molar-refractivity contribution < 1.29 is 19.3 Å². The second-order valence-corrected chi connectivity index (χ2v) is 7.12. The minimum Gasteiger partial charge on any atom is -0.495 e.